The zero-order valence-electron chi connectivity index (χ0n) is 10.1. The van der Waals surface area contributed by atoms with E-state index in [1.54, 1.807) is 18.6 Å². The molecule has 0 fully saturated rings. The van der Waals surface area contributed by atoms with Gasteiger partial charge < -0.3 is 5.32 Å². The second kappa shape index (κ2) is 5.50. The molecule has 4 heteroatoms. The first-order valence-electron chi connectivity index (χ1n) is 5.66. The molecule has 0 aliphatic carbocycles. The van der Waals surface area contributed by atoms with Crippen LogP contribution in [0.25, 0.3) is 0 Å². The van der Waals surface area contributed by atoms with Gasteiger partial charge in [-0.15, -0.1) is 0 Å². The largest absolute Gasteiger partial charge is 0.305 e. The third kappa shape index (κ3) is 3.32. The average Bonchev–Trinajstić information content (AvgIpc) is 2.39. The minimum Gasteiger partial charge on any atom is -0.305 e. The molecule has 0 bridgehead atoms. The first-order chi connectivity index (χ1) is 8.25. The van der Waals surface area contributed by atoms with Crippen molar-refractivity contribution in [1.29, 1.82) is 0 Å². The number of hydrogen-bond donors (Lipinski definition) is 1. The lowest BCUT2D eigenvalue weighted by atomic mass is 10.1. The van der Waals surface area contributed by atoms with Gasteiger partial charge in [-0.25, -0.2) is 0 Å². The Bertz CT molecular complexity index is 453. The van der Waals surface area contributed by atoms with Gasteiger partial charge in [0.05, 0.1) is 11.4 Å². The Morgan fingerprint density at radius 1 is 1.18 bits per heavy atom. The summed E-state index contributed by atoms with van der Waals surface area (Å²) in [5, 5.41) is 3.40. The van der Waals surface area contributed by atoms with Gasteiger partial charge in [0.1, 0.15) is 0 Å². The van der Waals surface area contributed by atoms with Crippen LogP contribution in [0.4, 0.5) is 0 Å². The van der Waals surface area contributed by atoms with Crippen LogP contribution in [0.5, 0.6) is 0 Å². The van der Waals surface area contributed by atoms with Crippen LogP contribution >= 0.6 is 0 Å². The van der Waals surface area contributed by atoms with E-state index in [2.05, 4.69) is 27.2 Å². The summed E-state index contributed by atoms with van der Waals surface area (Å²) in [4.78, 5) is 12.5. The highest BCUT2D eigenvalue weighted by molar-refractivity contribution is 5.14. The van der Waals surface area contributed by atoms with Crippen molar-refractivity contribution in [3.63, 3.8) is 0 Å². The first kappa shape index (κ1) is 11.7. The third-order valence-corrected chi connectivity index (χ3v) is 2.63. The molecule has 0 spiro atoms. The molecule has 2 aromatic heterocycles. The van der Waals surface area contributed by atoms with Crippen LogP contribution in [0.3, 0.4) is 0 Å². The van der Waals surface area contributed by atoms with Gasteiger partial charge in [-0.05, 0) is 31.5 Å². The molecule has 0 aliphatic heterocycles. The molecule has 0 aliphatic rings. The Labute approximate surface area is 101 Å². The van der Waals surface area contributed by atoms with Gasteiger partial charge in [0.15, 0.2) is 0 Å². The van der Waals surface area contributed by atoms with Crippen LogP contribution in [0.2, 0.25) is 0 Å². The summed E-state index contributed by atoms with van der Waals surface area (Å²) in [6, 6.07) is 4.30. The lowest BCUT2D eigenvalue weighted by molar-refractivity contribution is 0.566. The van der Waals surface area contributed by atoms with Crippen LogP contribution in [-0.2, 0) is 6.54 Å². The Morgan fingerprint density at radius 2 is 1.94 bits per heavy atom. The fraction of sp³-hybridized carbons (Fsp3) is 0.308. The topological polar surface area (TPSA) is 50.7 Å². The van der Waals surface area contributed by atoms with E-state index in [1.807, 2.05) is 25.3 Å². The maximum atomic E-state index is 4.31. The predicted octanol–water partition coefficient (Wildman–Crippen LogP) is 2.03. The fourth-order valence-electron chi connectivity index (χ4n) is 1.54. The summed E-state index contributed by atoms with van der Waals surface area (Å²) in [6.45, 7) is 4.78. The van der Waals surface area contributed by atoms with E-state index in [-0.39, 0.29) is 6.04 Å². The van der Waals surface area contributed by atoms with Gasteiger partial charge in [-0.3, -0.25) is 15.0 Å². The zero-order valence-corrected chi connectivity index (χ0v) is 10.1. The number of aryl methyl sites for hydroxylation is 1. The highest BCUT2D eigenvalue weighted by Crippen LogP contribution is 2.10. The fourth-order valence-corrected chi connectivity index (χ4v) is 1.54. The molecular formula is C13H16N4. The van der Waals surface area contributed by atoms with Crippen LogP contribution in [0.15, 0.2) is 36.9 Å². The highest BCUT2D eigenvalue weighted by atomic mass is 14.9. The lowest BCUT2D eigenvalue weighted by Gasteiger charge is -2.13. The van der Waals surface area contributed by atoms with Crippen LogP contribution in [0, 0.1) is 6.92 Å². The predicted molar refractivity (Wildman–Crippen MR) is 66.3 cm³/mol. The molecule has 2 heterocycles. The zero-order chi connectivity index (χ0) is 12.1. The number of nitrogens with zero attached hydrogens (tertiary/aromatic N) is 3. The molecule has 0 saturated carbocycles. The standard InChI is InChI=1S/C13H16N4/c1-10-7-17-13(8-15-10)9-16-11(2)12-3-5-14-6-4-12/h3-8,11,16H,9H2,1-2H3. The number of rotatable bonds is 4. The summed E-state index contributed by atoms with van der Waals surface area (Å²) in [5.74, 6) is 0. The van der Waals surface area contributed by atoms with Crippen LogP contribution in [-0.4, -0.2) is 15.0 Å². The SMILES string of the molecule is Cc1cnc(CNC(C)c2ccncc2)cn1. The van der Waals surface area contributed by atoms with E-state index in [0.29, 0.717) is 0 Å². The van der Waals surface area contributed by atoms with Crippen molar-refractivity contribution in [2.24, 2.45) is 0 Å². The van der Waals surface area contributed by atoms with E-state index in [9.17, 15) is 0 Å². The Balaban J connectivity index is 1.92. The van der Waals surface area contributed by atoms with Crippen molar-refractivity contribution < 1.29 is 0 Å². The van der Waals surface area contributed by atoms with Gasteiger partial charge in [-0.2, -0.15) is 0 Å². The molecule has 88 valence electrons. The molecule has 2 aromatic rings. The van der Waals surface area contributed by atoms with E-state index < -0.39 is 0 Å². The normalized spacial score (nSPS) is 12.4. The first-order valence-corrected chi connectivity index (χ1v) is 5.66. The van der Waals surface area contributed by atoms with E-state index in [4.69, 9.17) is 0 Å². The van der Waals surface area contributed by atoms with Crippen molar-refractivity contribution in [1.82, 2.24) is 20.3 Å². The number of hydrogen-bond acceptors (Lipinski definition) is 4. The molecule has 0 amide bonds. The molecule has 0 aromatic carbocycles. The van der Waals surface area contributed by atoms with Crippen LogP contribution in [0.1, 0.15) is 29.9 Å². The molecule has 4 nitrogen and oxygen atoms in total. The molecule has 1 atom stereocenters. The maximum absolute atomic E-state index is 4.31. The molecule has 1 unspecified atom stereocenters. The minimum atomic E-state index is 0.279. The van der Waals surface area contributed by atoms with E-state index in [1.165, 1.54) is 5.56 Å². The van der Waals surface area contributed by atoms with Crippen molar-refractivity contribution in [3.05, 3.63) is 53.9 Å². The van der Waals surface area contributed by atoms with E-state index in [0.717, 1.165) is 17.9 Å². The second-order valence-corrected chi connectivity index (χ2v) is 4.03. The third-order valence-electron chi connectivity index (χ3n) is 2.63. The molecule has 1 N–H and O–H groups in total. The summed E-state index contributed by atoms with van der Waals surface area (Å²) in [7, 11) is 0. The highest BCUT2D eigenvalue weighted by Gasteiger charge is 2.04. The quantitative estimate of drug-likeness (QED) is 0.870. The van der Waals surface area contributed by atoms with Gasteiger partial charge in [0.2, 0.25) is 0 Å². The molecule has 17 heavy (non-hydrogen) atoms. The molecular weight excluding hydrogens is 212 g/mol. The minimum absolute atomic E-state index is 0.279. The van der Waals surface area contributed by atoms with Crippen molar-refractivity contribution in [2.45, 2.75) is 26.4 Å². The summed E-state index contributed by atoms with van der Waals surface area (Å²) < 4.78 is 0. The Morgan fingerprint density at radius 3 is 2.59 bits per heavy atom. The number of nitrogens with one attached hydrogen (secondary N) is 1. The van der Waals surface area contributed by atoms with Crippen molar-refractivity contribution in [3.8, 4) is 0 Å². The maximum Gasteiger partial charge on any atom is 0.0724 e. The number of pyridine rings is 1. The monoisotopic (exact) mass is 228 g/mol. The molecule has 0 saturated heterocycles. The van der Waals surface area contributed by atoms with Gasteiger partial charge in [0.25, 0.3) is 0 Å². The van der Waals surface area contributed by atoms with Crippen molar-refractivity contribution in [2.75, 3.05) is 0 Å². The molecule has 0 radical (unpaired) electrons. The van der Waals surface area contributed by atoms with Gasteiger partial charge >= 0.3 is 0 Å². The van der Waals surface area contributed by atoms with Crippen LogP contribution < -0.4 is 5.32 Å². The number of aromatic nitrogens is 3. The van der Waals surface area contributed by atoms with Crippen molar-refractivity contribution >= 4 is 0 Å². The van der Waals surface area contributed by atoms with Gasteiger partial charge in [-0.1, -0.05) is 0 Å². The molecule has 2 rings (SSSR count). The summed E-state index contributed by atoms with van der Waals surface area (Å²) in [5.41, 5.74) is 3.12. The Kier molecular flexibility index (Phi) is 3.77. The summed E-state index contributed by atoms with van der Waals surface area (Å²) >= 11 is 0. The Hall–Kier alpha value is -1.81. The second-order valence-electron chi connectivity index (χ2n) is 4.03. The summed E-state index contributed by atoms with van der Waals surface area (Å²) in [6.07, 6.45) is 7.20. The van der Waals surface area contributed by atoms with E-state index >= 15 is 0 Å². The average molecular weight is 228 g/mol. The lowest BCUT2D eigenvalue weighted by Crippen LogP contribution is -2.18. The van der Waals surface area contributed by atoms with Gasteiger partial charge in [0, 0.05) is 37.4 Å². The smallest absolute Gasteiger partial charge is 0.0724 e.